The van der Waals surface area contributed by atoms with E-state index in [9.17, 15) is 0 Å². The molecule has 0 radical (unpaired) electrons. The highest BCUT2D eigenvalue weighted by atomic mass is 15.3. The average Bonchev–Trinajstić information content (AvgIpc) is 3.19. The third-order valence-corrected chi connectivity index (χ3v) is 3.99. The first kappa shape index (κ1) is 16.0. The molecule has 0 atom stereocenters. The summed E-state index contributed by atoms with van der Waals surface area (Å²) in [5.41, 5.74) is 4.11. The molecule has 0 bridgehead atoms. The lowest BCUT2D eigenvalue weighted by Gasteiger charge is -2.06. The van der Waals surface area contributed by atoms with Crippen LogP contribution >= 0.6 is 0 Å². The zero-order valence-electron chi connectivity index (χ0n) is 14.2. The number of hydrogen-bond acceptors (Lipinski definition) is 5. The SMILES string of the molecule is c1ccc(-n2cc(CCNc3nccc(-c4ccncc4)n3)cn2)cc1. The summed E-state index contributed by atoms with van der Waals surface area (Å²) in [6.45, 7) is 0.736. The van der Waals surface area contributed by atoms with Gasteiger partial charge in [-0.05, 0) is 42.3 Å². The molecule has 4 aromatic rings. The maximum absolute atomic E-state index is 4.56. The van der Waals surface area contributed by atoms with Crippen LogP contribution in [0.5, 0.6) is 0 Å². The molecular weight excluding hydrogens is 324 g/mol. The van der Waals surface area contributed by atoms with E-state index in [-0.39, 0.29) is 0 Å². The molecule has 0 aliphatic heterocycles. The molecule has 0 saturated carbocycles. The van der Waals surface area contributed by atoms with Crippen molar-refractivity contribution in [3.8, 4) is 16.9 Å². The Labute approximate surface area is 151 Å². The molecule has 0 unspecified atom stereocenters. The number of aromatic nitrogens is 5. The van der Waals surface area contributed by atoms with Gasteiger partial charge >= 0.3 is 0 Å². The number of rotatable bonds is 6. The highest BCUT2D eigenvalue weighted by Gasteiger charge is 2.03. The number of pyridine rings is 1. The van der Waals surface area contributed by atoms with Crippen molar-refractivity contribution in [1.29, 1.82) is 0 Å². The largest absolute Gasteiger partial charge is 0.354 e. The second-order valence-electron chi connectivity index (χ2n) is 5.81. The second kappa shape index (κ2) is 7.57. The first-order chi connectivity index (χ1) is 12.9. The quantitative estimate of drug-likeness (QED) is 0.582. The Hall–Kier alpha value is -3.54. The lowest BCUT2D eigenvalue weighted by atomic mass is 10.2. The van der Waals surface area contributed by atoms with Gasteiger partial charge in [0, 0.05) is 36.9 Å². The predicted molar refractivity (Wildman–Crippen MR) is 101 cm³/mol. The van der Waals surface area contributed by atoms with Crippen molar-refractivity contribution >= 4 is 5.95 Å². The van der Waals surface area contributed by atoms with Gasteiger partial charge in [-0.15, -0.1) is 0 Å². The van der Waals surface area contributed by atoms with E-state index in [2.05, 4.69) is 25.4 Å². The molecule has 1 aromatic carbocycles. The standard InChI is InChI=1S/C20H18N6/c1-2-4-18(5-3-1)26-15-16(14-24-26)6-12-22-20-23-13-9-19(25-20)17-7-10-21-11-8-17/h1-5,7-11,13-15H,6,12H2,(H,22,23,25). The monoisotopic (exact) mass is 342 g/mol. The zero-order chi connectivity index (χ0) is 17.6. The molecule has 3 heterocycles. The van der Waals surface area contributed by atoms with Gasteiger partial charge in [-0.2, -0.15) is 5.10 Å². The molecule has 0 spiro atoms. The minimum absolute atomic E-state index is 0.620. The lowest BCUT2D eigenvalue weighted by Crippen LogP contribution is -2.07. The van der Waals surface area contributed by atoms with Crippen molar-refractivity contribution in [1.82, 2.24) is 24.7 Å². The van der Waals surface area contributed by atoms with Crippen molar-refractivity contribution in [3.05, 3.63) is 85.1 Å². The van der Waals surface area contributed by atoms with E-state index in [1.807, 2.05) is 65.6 Å². The van der Waals surface area contributed by atoms with Gasteiger partial charge in [-0.25, -0.2) is 14.6 Å². The molecule has 0 saturated heterocycles. The fourth-order valence-electron chi connectivity index (χ4n) is 2.66. The van der Waals surface area contributed by atoms with Crippen LogP contribution in [0.3, 0.4) is 0 Å². The van der Waals surface area contributed by atoms with Gasteiger partial charge in [-0.1, -0.05) is 18.2 Å². The number of anilines is 1. The fourth-order valence-corrected chi connectivity index (χ4v) is 2.66. The topological polar surface area (TPSA) is 68.5 Å². The number of hydrogen-bond donors (Lipinski definition) is 1. The second-order valence-corrected chi connectivity index (χ2v) is 5.81. The van der Waals surface area contributed by atoms with Crippen molar-refractivity contribution in [2.75, 3.05) is 11.9 Å². The Morgan fingerprint density at radius 1 is 0.923 bits per heavy atom. The molecule has 3 aromatic heterocycles. The Morgan fingerprint density at radius 2 is 1.77 bits per heavy atom. The van der Waals surface area contributed by atoms with Crippen molar-refractivity contribution in [2.45, 2.75) is 6.42 Å². The first-order valence-electron chi connectivity index (χ1n) is 8.45. The minimum atomic E-state index is 0.620. The Balaban J connectivity index is 1.38. The predicted octanol–water partition coefficient (Wildman–Crippen LogP) is 3.38. The Kier molecular flexibility index (Phi) is 4.64. The van der Waals surface area contributed by atoms with E-state index >= 15 is 0 Å². The van der Waals surface area contributed by atoms with Gasteiger partial charge in [0.15, 0.2) is 0 Å². The van der Waals surface area contributed by atoms with Crippen molar-refractivity contribution in [2.24, 2.45) is 0 Å². The maximum Gasteiger partial charge on any atom is 0.223 e. The van der Waals surface area contributed by atoms with Crippen LogP contribution in [0.15, 0.2) is 79.5 Å². The molecule has 0 aliphatic rings. The molecule has 128 valence electrons. The van der Waals surface area contributed by atoms with E-state index < -0.39 is 0 Å². The Bertz CT molecular complexity index is 966. The van der Waals surface area contributed by atoms with Crippen LogP contribution in [0.25, 0.3) is 16.9 Å². The van der Waals surface area contributed by atoms with Crippen LogP contribution in [0.2, 0.25) is 0 Å². The molecular formula is C20H18N6. The van der Waals surface area contributed by atoms with Crippen LogP contribution in [-0.2, 0) is 6.42 Å². The van der Waals surface area contributed by atoms with E-state index in [0.29, 0.717) is 5.95 Å². The summed E-state index contributed by atoms with van der Waals surface area (Å²) in [6, 6.07) is 15.8. The van der Waals surface area contributed by atoms with E-state index in [0.717, 1.165) is 35.5 Å². The average molecular weight is 342 g/mol. The third kappa shape index (κ3) is 3.75. The van der Waals surface area contributed by atoms with Crippen molar-refractivity contribution in [3.63, 3.8) is 0 Å². The zero-order valence-corrected chi connectivity index (χ0v) is 14.2. The molecule has 6 heteroatoms. The number of benzene rings is 1. The highest BCUT2D eigenvalue weighted by Crippen LogP contribution is 2.16. The van der Waals surface area contributed by atoms with E-state index in [1.165, 1.54) is 0 Å². The first-order valence-corrected chi connectivity index (χ1v) is 8.45. The van der Waals surface area contributed by atoms with Crippen molar-refractivity contribution < 1.29 is 0 Å². The van der Waals surface area contributed by atoms with Crippen LogP contribution in [0, 0.1) is 0 Å². The lowest BCUT2D eigenvalue weighted by molar-refractivity contribution is 0.879. The summed E-state index contributed by atoms with van der Waals surface area (Å²) in [5.74, 6) is 0.620. The summed E-state index contributed by atoms with van der Waals surface area (Å²) in [7, 11) is 0. The van der Waals surface area contributed by atoms with Crippen LogP contribution in [-0.4, -0.2) is 31.3 Å². The number of nitrogens with one attached hydrogen (secondary N) is 1. The maximum atomic E-state index is 4.56. The molecule has 4 rings (SSSR count). The summed E-state index contributed by atoms with van der Waals surface area (Å²) in [6.07, 6.45) is 10.1. The molecule has 1 N–H and O–H groups in total. The fraction of sp³-hybridized carbons (Fsp3) is 0.100. The third-order valence-electron chi connectivity index (χ3n) is 3.99. The van der Waals surface area contributed by atoms with Gasteiger partial charge in [-0.3, -0.25) is 4.98 Å². The Morgan fingerprint density at radius 3 is 2.62 bits per heavy atom. The number of nitrogens with zero attached hydrogens (tertiary/aromatic N) is 5. The molecule has 26 heavy (non-hydrogen) atoms. The van der Waals surface area contributed by atoms with Gasteiger partial charge in [0.05, 0.1) is 17.6 Å². The summed E-state index contributed by atoms with van der Waals surface area (Å²) < 4.78 is 1.88. The normalized spacial score (nSPS) is 10.6. The number of para-hydroxylation sites is 1. The highest BCUT2D eigenvalue weighted by molar-refractivity contribution is 5.58. The molecule has 0 amide bonds. The van der Waals surface area contributed by atoms with Crippen LogP contribution < -0.4 is 5.32 Å². The van der Waals surface area contributed by atoms with E-state index in [1.54, 1.807) is 18.6 Å². The molecule has 0 fully saturated rings. The smallest absolute Gasteiger partial charge is 0.223 e. The van der Waals surface area contributed by atoms with Gasteiger partial charge < -0.3 is 5.32 Å². The van der Waals surface area contributed by atoms with Gasteiger partial charge in [0.1, 0.15) is 0 Å². The van der Waals surface area contributed by atoms with E-state index in [4.69, 9.17) is 0 Å². The minimum Gasteiger partial charge on any atom is -0.354 e. The molecule has 0 aliphatic carbocycles. The van der Waals surface area contributed by atoms with Crippen LogP contribution in [0.1, 0.15) is 5.56 Å². The summed E-state index contributed by atoms with van der Waals surface area (Å²) in [5, 5.41) is 7.70. The van der Waals surface area contributed by atoms with Gasteiger partial charge in [0.2, 0.25) is 5.95 Å². The molecule has 6 nitrogen and oxygen atoms in total. The van der Waals surface area contributed by atoms with Crippen LogP contribution in [0.4, 0.5) is 5.95 Å². The van der Waals surface area contributed by atoms with Gasteiger partial charge in [0.25, 0.3) is 0 Å². The summed E-state index contributed by atoms with van der Waals surface area (Å²) >= 11 is 0. The summed E-state index contributed by atoms with van der Waals surface area (Å²) in [4.78, 5) is 12.9.